The molecule has 0 saturated carbocycles. The van der Waals surface area contributed by atoms with Gasteiger partial charge in [-0.3, -0.25) is 14.9 Å². The Morgan fingerprint density at radius 2 is 1.95 bits per heavy atom. The zero-order valence-corrected chi connectivity index (χ0v) is 10.6. The minimum absolute atomic E-state index is 0.0383. The Bertz CT molecular complexity index is 510. The van der Waals surface area contributed by atoms with Crippen molar-refractivity contribution in [3.05, 3.63) is 28.3 Å². The Morgan fingerprint density at radius 1 is 1.32 bits per heavy atom. The summed E-state index contributed by atoms with van der Waals surface area (Å²) in [5.41, 5.74) is 0.388. The van der Waals surface area contributed by atoms with Crippen LogP contribution in [-0.2, 0) is 4.79 Å². The molecule has 7 heteroatoms. The quantitative estimate of drug-likeness (QED) is 0.636. The normalized spacial score (nSPS) is 15.4. The van der Waals surface area contributed by atoms with Gasteiger partial charge in [0.05, 0.1) is 4.92 Å². The van der Waals surface area contributed by atoms with E-state index in [1.807, 2.05) is 4.90 Å². The smallest absolute Gasteiger partial charge is 0.312 e. The minimum Gasteiger partial charge on any atom is -0.502 e. The van der Waals surface area contributed by atoms with Crippen molar-refractivity contribution < 1.29 is 14.8 Å². The average molecular weight is 265 g/mol. The number of anilines is 1. The third kappa shape index (κ3) is 2.75. The molecule has 1 aromatic carbocycles. The molecule has 0 bridgehead atoms. The van der Waals surface area contributed by atoms with Crippen molar-refractivity contribution in [2.75, 3.05) is 31.1 Å². The number of nitro groups is 1. The van der Waals surface area contributed by atoms with Crippen LogP contribution in [-0.4, -0.2) is 47.0 Å². The summed E-state index contributed by atoms with van der Waals surface area (Å²) in [6.45, 7) is 3.98. The zero-order valence-electron chi connectivity index (χ0n) is 10.6. The third-order valence-electron chi connectivity index (χ3n) is 3.25. The number of phenols is 1. The summed E-state index contributed by atoms with van der Waals surface area (Å²) in [6.07, 6.45) is 0. The van der Waals surface area contributed by atoms with Crippen LogP contribution in [0.1, 0.15) is 6.92 Å². The first-order valence-electron chi connectivity index (χ1n) is 5.97. The lowest BCUT2D eigenvalue weighted by atomic mass is 10.2. The SMILES string of the molecule is CC(=O)N1CCN(c2ccc(O)c([N+](=O)[O-])c2)CC1. The van der Waals surface area contributed by atoms with Crippen molar-refractivity contribution in [3.63, 3.8) is 0 Å². The van der Waals surface area contributed by atoms with Gasteiger partial charge in [0.15, 0.2) is 5.75 Å². The van der Waals surface area contributed by atoms with E-state index in [1.54, 1.807) is 11.0 Å². The number of piperazine rings is 1. The van der Waals surface area contributed by atoms with Gasteiger partial charge < -0.3 is 14.9 Å². The van der Waals surface area contributed by atoms with Crippen LogP contribution < -0.4 is 4.90 Å². The molecule has 1 aliphatic heterocycles. The number of amides is 1. The lowest BCUT2D eigenvalue weighted by Crippen LogP contribution is -2.48. The molecule has 0 spiro atoms. The molecule has 102 valence electrons. The molecule has 1 fully saturated rings. The third-order valence-corrected chi connectivity index (χ3v) is 3.25. The summed E-state index contributed by atoms with van der Waals surface area (Å²) >= 11 is 0. The van der Waals surface area contributed by atoms with Crippen LogP contribution in [0, 0.1) is 10.1 Å². The van der Waals surface area contributed by atoms with Gasteiger partial charge in [-0.2, -0.15) is 0 Å². The largest absolute Gasteiger partial charge is 0.502 e. The first kappa shape index (κ1) is 13.1. The highest BCUT2D eigenvalue weighted by Gasteiger charge is 2.21. The molecule has 1 aliphatic rings. The number of hydrogen-bond acceptors (Lipinski definition) is 5. The summed E-state index contributed by atoms with van der Waals surface area (Å²) in [5.74, 6) is -0.299. The Kier molecular flexibility index (Phi) is 3.55. The minimum atomic E-state index is -0.606. The van der Waals surface area contributed by atoms with Crippen LogP contribution in [0.5, 0.6) is 5.75 Å². The maximum Gasteiger partial charge on any atom is 0.312 e. The maximum absolute atomic E-state index is 11.2. The Labute approximate surface area is 110 Å². The second-order valence-corrected chi connectivity index (χ2v) is 4.42. The van der Waals surface area contributed by atoms with Crippen molar-refractivity contribution in [1.29, 1.82) is 0 Å². The molecular weight excluding hydrogens is 250 g/mol. The molecule has 1 saturated heterocycles. The van der Waals surface area contributed by atoms with Crippen LogP contribution in [0.3, 0.4) is 0 Å². The molecule has 7 nitrogen and oxygen atoms in total. The summed E-state index contributed by atoms with van der Waals surface area (Å²) in [6, 6.07) is 4.33. The molecule has 1 amide bonds. The molecular formula is C12H15N3O4. The van der Waals surface area contributed by atoms with E-state index >= 15 is 0 Å². The van der Waals surface area contributed by atoms with E-state index < -0.39 is 4.92 Å². The van der Waals surface area contributed by atoms with E-state index in [0.717, 1.165) is 0 Å². The number of nitrogens with zero attached hydrogens (tertiary/aromatic N) is 3. The first-order chi connectivity index (χ1) is 8.99. The summed E-state index contributed by atoms with van der Waals surface area (Å²) in [7, 11) is 0. The van der Waals surface area contributed by atoms with E-state index in [4.69, 9.17) is 0 Å². The van der Waals surface area contributed by atoms with Crippen molar-refractivity contribution in [3.8, 4) is 5.75 Å². The molecule has 0 aromatic heterocycles. The number of rotatable bonds is 2. The van der Waals surface area contributed by atoms with Gasteiger partial charge in [0.25, 0.3) is 0 Å². The van der Waals surface area contributed by atoms with Gasteiger partial charge in [-0.15, -0.1) is 0 Å². The van der Waals surface area contributed by atoms with E-state index in [0.29, 0.717) is 31.9 Å². The van der Waals surface area contributed by atoms with Crippen LogP contribution in [0.4, 0.5) is 11.4 Å². The molecule has 1 N–H and O–H groups in total. The molecule has 19 heavy (non-hydrogen) atoms. The molecule has 2 rings (SSSR count). The number of hydrogen-bond donors (Lipinski definition) is 1. The lowest BCUT2D eigenvalue weighted by molar-refractivity contribution is -0.385. The summed E-state index contributed by atoms with van der Waals surface area (Å²) < 4.78 is 0. The van der Waals surface area contributed by atoms with Crippen LogP contribution in [0.25, 0.3) is 0 Å². The number of benzene rings is 1. The highest BCUT2D eigenvalue weighted by Crippen LogP contribution is 2.30. The van der Waals surface area contributed by atoms with Crippen LogP contribution >= 0.6 is 0 Å². The zero-order chi connectivity index (χ0) is 14.0. The predicted molar refractivity (Wildman–Crippen MR) is 69.2 cm³/mol. The van der Waals surface area contributed by atoms with E-state index in [9.17, 15) is 20.0 Å². The molecule has 0 radical (unpaired) electrons. The molecule has 0 aliphatic carbocycles. The predicted octanol–water partition coefficient (Wildman–Crippen LogP) is 0.969. The van der Waals surface area contributed by atoms with Gasteiger partial charge in [-0.1, -0.05) is 0 Å². The highest BCUT2D eigenvalue weighted by atomic mass is 16.6. The second-order valence-electron chi connectivity index (χ2n) is 4.42. The van der Waals surface area contributed by atoms with E-state index in [1.165, 1.54) is 19.1 Å². The molecule has 1 aromatic rings. The summed E-state index contributed by atoms with van der Waals surface area (Å²) in [4.78, 5) is 25.1. The Hall–Kier alpha value is -2.31. The number of nitro benzene ring substituents is 1. The molecule has 0 atom stereocenters. The topological polar surface area (TPSA) is 86.9 Å². The Morgan fingerprint density at radius 3 is 2.47 bits per heavy atom. The Balaban J connectivity index is 2.14. The van der Waals surface area contributed by atoms with Crippen molar-refractivity contribution >= 4 is 17.3 Å². The number of aromatic hydroxyl groups is 1. The van der Waals surface area contributed by atoms with Gasteiger partial charge in [0.1, 0.15) is 0 Å². The number of phenolic OH excluding ortho intramolecular Hbond substituents is 1. The molecule has 0 unspecified atom stereocenters. The fourth-order valence-electron chi connectivity index (χ4n) is 2.13. The second kappa shape index (κ2) is 5.13. The van der Waals surface area contributed by atoms with Gasteiger partial charge in [0.2, 0.25) is 5.91 Å². The average Bonchev–Trinajstić information content (AvgIpc) is 2.39. The van der Waals surface area contributed by atoms with Crippen LogP contribution in [0.15, 0.2) is 18.2 Å². The van der Waals surface area contributed by atoms with Gasteiger partial charge in [-0.25, -0.2) is 0 Å². The lowest BCUT2D eigenvalue weighted by Gasteiger charge is -2.35. The van der Waals surface area contributed by atoms with Gasteiger partial charge in [-0.05, 0) is 12.1 Å². The van der Waals surface area contributed by atoms with Crippen molar-refractivity contribution in [2.45, 2.75) is 6.92 Å². The molecule has 1 heterocycles. The van der Waals surface area contributed by atoms with Crippen molar-refractivity contribution in [2.24, 2.45) is 0 Å². The number of carbonyl (C=O) groups is 1. The maximum atomic E-state index is 11.2. The standard InChI is InChI=1S/C12H15N3O4/c1-9(16)13-4-6-14(7-5-13)10-2-3-12(17)11(8-10)15(18)19/h2-3,8,17H,4-7H2,1H3. The van der Waals surface area contributed by atoms with Gasteiger partial charge >= 0.3 is 5.69 Å². The van der Waals surface area contributed by atoms with E-state index in [2.05, 4.69) is 0 Å². The fourth-order valence-corrected chi connectivity index (χ4v) is 2.13. The van der Waals surface area contributed by atoms with Crippen LogP contribution in [0.2, 0.25) is 0 Å². The number of carbonyl (C=O) groups excluding carboxylic acids is 1. The first-order valence-corrected chi connectivity index (χ1v) is 5.97. The summed E-state index contributed by atoms with van der Waals surface area (Å²) in [5, 5.41) is 20.2. The highest BCUT2D eigenvalue weighted by molar-refractivity contribution is 5.73. The van der Waals surface area contributed by atoms with Crippen molar-refractivity contribution in [1.82, 2.24) is 4.90 Å². The van der Waals surface area contributed by atoms with E-state index in [-0.39, 0.29) is 17.3 Å². The fraction of sp³-hybridized carbons (Fsp3) is 0.417. The monoisotopic (exact) mass is 265 g/mol. The van der Waals surface area contributed by atoms with Gasteiger partial charge in [0, 0.05) is 44.9 Å².